The maximum Gasteiger partial charge on any atom is 0.270 e. The van der Waals surface area contributed by atoms with Crippen molar-refractivity contribution < 1.29 is 9.90 Å². The van der Waals surface area contributed by atoms with Crippen LogP contribution in [0.3, 0.4) is 0 Å². The van der Waals surface area contributed by atoms with Crippen molar-refractivity contribution in [3.05, 3.63) is 24.0 Å². The third kappa shape index (κ3) is 2.73. The number of rotatable bonds is 3. The number of piperidine rings is 1. The highest BCUT2D eigenvalue weighted by Crippen LogP contribution is 2.32. The quantitative estimate of drug-likeness (QED) is 0.930. The summed E-state index contributed by atoms with van der Waals surface area (Å²) in [6.45, 7) is 2.97. The van der Waals surface area contributed by atoms with Crippen LogP contribution in [-0.4, -0.2) is 39.7 Å². The van der Waals surface area contributed by atoms with Crippen LogP contribution < -0.4 is 0 Å². The molecule has 2 aliphatic rings. The summed E-state index contributed by atoms with van der Waals surface area (Å²) < 4.78 is 2.17. The summed E-state index contributed by atoms with van der Waals surface area (Å²) in [5.41, 5.74) is 0.800. The fourth-order valence-corrected chi connectivity index (χ4v) is 4.00. The van der Waals surface area contributed by atoms with Crippen molar-refractivity contribution in [1.29, 1.82) is 0 Å². The number of likely N-dealkylation sites (tertiary alicyclic amines) is 1. The lowest BCUT2D eigenvalue weighted by atomic mass is 9.91. The summed E-state index contributed by atoms with van der Waals surface area (Å²) in [6.07, 6.45) is 9.05. The van der Waals surface area contributed by atoms with Crippen LogP contribution in [0.4, 0.5) is 0 Å². The van der Waals surface area contributed by atoms with Crippen molar-refractivity contribution in [2.75, 3.05) is 13.2 Å². The van der Waals surface area contributed by atoms with Crippen LogP contribution in [0.25, 0.3) is 0 Å². The van der Waals surface area contributed by atoms with Crippen molar-refractivity contribution in [1.82, 2.24) is 9.47 Å². The molecule has 1 amide bonds. The van der Waals surface area contributed by atoms with E-state index in [-0.39, 0.29) is 18.6 Å². The second kappa shape index (κ2) is 6.22. The molecule has 1 aliphatic heterocycles. The van der Waals surface area contributed by atoms with Gasteiger partial charge in [0, 0.05) is 18.8 Å². The van der Waals surface area contributed by atoms with Gasteiger partial charge in [-0.1, -0.05) is 19.8 Å². The summed E-state index contributed by atoms with van der Waals surface area (Å²) in [5.74, 6) is 0.472. The molecule has 1 saturated carbocycles. The van der Waals surface area contributed by atoms with Gasteiger partial charge in [0.15, 0.2) is 0 Å². The second-order valence-corrected chi connectivity index (χ2v) is 6.61. The average Bonchev–Trinajstić information content (AvgIpc) is 3.16. The van der Waals surface area contributed by atoms with Gasteiger partial charge in [0.05, 0.1) is 12.6 Å². The molecule has 21 heavy (non-hydrogen) atoms. The van der Waals surface area contributed by atoms with Crippen molar-refractivity contribution in [3.8, 4) is 0 Å². The van der Waals surface area contributed by atoms with E-state index in [4.69, 9.17) is 0 Å². The van der Waals surface area contributed by atoms with E-state index in [0.29, 0.717) is 12.0 Å². The number of amides is 1. The molecule has 0 aromatic carbocycles. The lowest BCUT2D eigenvalue weighted by Gasteiger charge is -2.39. The smallest absolute Gasteiger partial charge is 0.270 e. The van der Waals surface area contributed by atoms with Crippen molar-refractivity contribution >= 4 is 5.91 Å². The Morgan fingerprint density at radius 2 is 2.05 bits per heavy atom. The van der Waals surface area contributed by atoms with Gasteiger partial charge in [-0.05, 0) is 43.7 Å². The third-order valence-electron chi connectivity index (χ3n) is 5.28. The molecule has 2 heterocycles. The van der Waals surface area contributed by atoms with E-state index in [0.717, 1.165) is 25.1 Å². The molecular weight excluding hydrogens is 264 g/mol. The molecular formula is C17H26N2O2. The zero-order chi connectivity index (χ0) is 14.8. The number of nitrogens with zero attached hydrogens (tertiary/aromatic N) is 2. The van der Waals surface area contributed by atoms with Crippen molar-refractivity contribution in [2.45, 2.75) is 57.5 Å². The summed E-state index contributed by atoms with van der Waals surface area (Å²) in [4.78, 5) is 14.8. The van der Waals surface area contributed by atoms with E-state index >= 15 is 0 Å². The van der Waals surface area contributed by atoms with Crippen molar-refractivity contribution in [2.24, 2.45) is 5.92 Å². The molecule has 1 saturated heterocycles. The first-order chi connectivity index (χ1) is 10.2. The van der Waals surface area contributed by atoms with Crippen LogP contribution >= 0.6 is 0 Å². The van der Waals surface area contributed by atoms with E-state index in [1.54, 1.807) is 0 Å². The number of carbonyl (C=O) groups is 1. The van der Waals surface area contributed by atoms with E-state index in [9.17, 15) is 9.90 Å². The molecule has 0 spiro atoms. The molecule has 116 valence electrons. The maximum absolute atomic E-state index is 12.9. The van der Waals surface area contributed by atoms with E-state index < -0.39 is 0 Å². The van der Waals surface area contributed by atoms with Crippen LogP contribution in [0.2, 0.25) is 0 Å². The van der Waals surface area contributed by atoms with Crippen LogP contribution in [-0.2, 0) is 0 Å². The first-order valence-corrected chi connectivity index (χ1v) is 8.31. The SMILES string of the molecule is CC1CCCN(C(=O)c2cccn2C2CCCC2)C1CO. The Balaban J connectivity index is 1.83. The zero-order valence-corrected chi connectivity index (χ0v) is 12.9. The molecule has 3 rings (SSSR count). The van der Waals surface area contributed by atoms with Gasteiger partial charge in [0.1, 0.15) is 5.69 Å². The Morgan fingerprint density at radius 1 is 1.29 bits per heavy atom. The Hall–Kier alpha value is -1.29. The Bertz CT molecular complexity index is 491. The average molecular weight is 290 g/mol. The Kier molecular flexibility index (Phi) is 4.34. The van der Waals surface area contributed by atoms with Gasteiger partial charge in [-0.15, -0.1) is 0 Å². The van der Waals surface area contributed by atoms with E-state index in [1.165, 1.54) is 25.7 Å². The summed E-state index contributed by atoms with van der Waals surface area (Å²) >= 11 is 0. The summed E-state index contributed by atoms with van der Waals surface area (Å²) in [5, 5.41) is 9.66. The van der Waals surface area contributed by atoms with Crippen LogP contribution in [0, 0.1) is 5.92 Å². The lowest BCUT2D eigenvalue weighted by Crippen LogP contribution is -2.50. The first-order valence-electron chi connectivity index (χ1n) is 8.31. The largest absolute Gasteiger partial charge is 0.394 e. The van der Waals surface area contributed by atoms with Gasteiger partial charge < -0.3 is 14.6 Å². The fourth-order valence-electron chi connectivity index (χ4n) is 4.00. The van der Waals surface area contributed by atoms with Gasteiger partial charge in [0.2, 0.25) is 0 Å². The minimum Gasteiger partial charge on any atom is -0.394 e. The second-order valence-electron chi connectivity index (χ2n) is 6.61. The molecule has 1 N–H and O–H groups in total. The van der Waals surface area contributed by atoms with Gasteiger partial charge >= 0.3 is 0 Å². The molecule has 0 bridgehead atoms. The Morgan fingerprint density at radius 3 is 2.76 bits per heavy atom. The van der Waals surface area contributed by atoms with Crippen molar-refractivity contribution in [3.63, 3.8) is 0 Å². The molecule has 2 atom stereocenters. The minimum absolute atomic E-state index is 0.0295. The van der Waals surface area contributed by atoms with Gasteiger partial charge in [-0.2, -0.15) is 0 Å². The van der Waals surface area contributed by atoms with Crippen LogP contribution in [0.1, 0.15) is 62.0 Å². The highest BCUT2D eigenvalue weighted by atomic mass is 16.3. The third-order valence-corrected chi connectivity index (χ3v) is 5.28. The van der Waals surface area contributed by atoms with Gasteiger partial charge in [-0.25, -0.2) is 0 Å². The highest BCUT2D eigenvalue weighted by Gasteiger charge is 2.33. The molecule has 1 aliphatic carbocycles. The number of hydrogen-bond acceptors (Lipinski definition) is 2. The topological polar surface area (TPSA) is 45.5 Å². The molecule has 2 unspecified atom stereocenters. The maximum atomic E-state index is 12.9. The highest BCUT2D eigenvalue weighted by molar-refractivity contribution is 5.93. The number of aliphatic hydroxyl groups excluding tert-OH is 1. The standard InChI is InChI=1S/C17H26N2O2/c1-13-6-4-11-19(16(13)12-20)17(21)15-9-5-10-18(15)14-7-2-3-8-14/h5,9-10,13-14,16,20H,2-4,6-8,11-12H2,1H3. The van der Waals surface area contributed by atoms with Gasteiger partial charge in [0.25, 0.3) is 5.91 Å². The first kappa shape index (κ1) is 14.6. The predicted octanol–water partition coefficient (Wildman–Crippen LogP) is 2.84. The summed E-state index contributed by atoms with van der Waals surface area (Å²) in [7, 11) is 0. The van der Waals surface area contributed by atoms with Crippen LogP contribution in [0.5, 0.6) is 0 Å². The molecule has 2 fully saturated rings. The van der Waals surface area contributed by atoms with E-state index in [1.807, 2.05) is 23.2 Å². The summed E-state index contributed by atoms with van der Waals surface area (Å²) in [6, 6.07) is 4.37. The van der Waals surface area contributed by atoms with Crippen LogP contribution in [0.15, 0.2) is 18.3 Å². The molecule has 1 aromatic heterocycles. The zero-order valence-electron chi connectivity index (χ0n) is 12.9. The molecule has 1 aromatic rings. The normalized spacial score (nSPS) is 27.2. The molecule has 0 radical (unpaired) electrons. The number of hydrogen-bond donors (Lipinski definition) is 1. The predicted molar refractivity (Wildman–Crippen MR) is 82.2 cm³/mol. The lowest BCUT2D eigenvalue weighted by molar-refractivity contribution is 0.0347. The number of aliphatic hydroxyl groups is 1. The fraction of sp³-hybridized carbons (Fsp3) is 0.706. The monoisotopic (exact) mass is 290 g/mol. The van der Waals surface area contributed by atoms with E-state index in [2.05, 4.69) is 11.5 Å². The minimum atomic E-state index is -0.0295. The van der Waals surface area contributed by atoms with Gasteiger partial charge in [-0.3, -0.25) is 4.79 Å². The molecule has 4 nitrogen and oxygen atoms in total. The number of carbonyl (C=O) groups excluding carboxylic acids is 1. The number of aromatic nitrogens is 1. The molecule has 4 heteroatoms. The Labute approximate surface area is 126 Å².